The molecule has 0 bridgehead atoms. The fourth-order valence-corrected chi connectivity index (χ4v) is 4.38. The van der Waals surface area contributed by atoms with Gasteiger partial charge in [0.25, 0.3) is 5.91 Å². The minimum atomic E-state index is -0.156. The molecule has 184 valence electrons. The van der Waals surface area contributed by atoms with Crippen LogP contribution in [-0.2, 0) is 0 Å². The Morgan fingerprint density at radius 3 is 2.31 bits per heavy atom. The van der Waals surface area contributed by atoms with Gasteiger partial charge >= 0.3 is 0 Å². The number of rotatable bonds is 9. The molecular formula is C27H32N4O4. The molecule has 3 aromatic rings. The van der Waals surface area contributed by atoms with Gasteiger partial charge < -0.3 is 24.4 Å². The highest BCUT2D eigenvalue weighted by Gasteiger charge is 2.26. The van der Waals surface area contributed by atoms with E-state index in [-0.39, 0.29) is 11.9 Å². The monoisotopic (exact) mass is 476 g/mol. The Balaban J connectivity index is 1.43. The number of benzene rings is 2. The normalized spacial score (nSPS) is 14.8. The van der Waals surface area contributed by atoms with Gasteiger partial charge in [0.15, 0.2) is 11.5 Å². The molecule has 1 N–H and O–H groups in total. The van der Waals surface area contributed by atoms with E-state index in [4.69, 9.17) is 14.2 Å². The third-order valence-electron chi connectivity index (χ3n) is 6.36. The number of anilines is 1. The van der Waals surface area contributed by atoms with E-state index in [2.05, 4.69) is 38.3 Å². The second-order valence-electron chi connectivity index (χ2n) is 8.30. The molecule has 4 rings (SSSR count). The van der Waals surface area contributed by atoms with Gasteiger partial charge in [-0.15, -0.1) is 0 Å². The Kier molecular flexibility index (Phi) is 8.05. The molecule has 0 spiro atoms. The molecule has 8 heteroatoms. The van der Waals surface area contributed by atoms with Crippen molar-refractivity contribution in [2.24, 2.45) is 0 Å². The Bertz CT molecular complexity index is 1100. The summed E-state index contributed by atoms with van der Waals surface area (Å²) in [6.45, 7) is 4.01. The van der Waals surface area contributed by atoms with E-state index in [0.29, 0.717) is 23.6 Å². The maximum Gasteiger partial charge on any atom is 0.251 e. The number of aromatic nitrogens is 1. The van der Waals surface area contributed by atoms with Crippen molar-refractivity contribution in [1.29, 1.82) is 0 Å². The number of hydrogen-bond donors (Lipinski definition) is 1. The highest BCUT2D eigenvalue weighted by atomic mass is 16.5. The van der Waals surface area contributed by atoms with Crippen molar-refractivity contribution in [1.82, 2.24) is 15.2 Å². The predicted molar refractivity (Wildman–Crippen MR) is 136 cm³/mol. The molecule has 1 fully saturated rings. The summed E-state index contributed by atoms with van der Waals surface area (Å²) in [7, 11) is 4.81. The molecule has 2 heterocycles. The lowest BCUT2D eigenvalue weighted by Crippen LogP contribution is -2.50. The van der Waals surface area contributed by atoms with Gasteiger partial charge in [0, 0.05) is 56.4 Å². The van der Waals surface area contributed by atoms with Gasteiger partial charge in [0.2, 0.25) is 0 Å². The SMILES string of the molecule is COc1ccc(N2CCN([C@@H](CNC(=O)c3ccc(OC)c(OC)c3)c3cccnc3)CC2)cc1. The second-order valence-corrected chi connectivity index (χ2v) is 8.30. The number of nitrogens with zero attached hydrogens (tertiary/aromatic N) is 3. The largest absolute Gasteiger partial charge is 0.497 e. The van der Waals surface area contributed by atoms with Crippen LogP contribution in [-0.4, -0.2) is 69.8 Å². The summed E-state index contributed by atoms with van der Waals surface area (Å²) in [5.41, 5.74) is 2.79. The van der Waals surface area contributed by atoms with E-state index in [1.165, 1.54) is 5.69 Å². The van der Waals surface area contributed by atoms with Crippen LogP contribution in [0.15, 0.2) is 67.0 Å². The molecule has 1 atom stereocenters. The summed E-state index contributed by atoms with van der Waals surface area (Å²) in [5, 5.41) is 3.11. The standard InChI is InChI=1S/C27H32N4O4/c1-33-23-9-7-22(8-10-23)30-13-15-31(16-14-30)24(21-5-4-12-28-18-21)19-29-27(32)20-6-11-25(34-2)26(17-20)35-3/h4-12,17-18,24H,13-16,19H2,1-3H3,(H,29,32)/t24-/m0/s1. The summed E-state index contributed by atoms with van der Waals surface area (Å²) in [4.78, 5) is 22.1. The molecule has 8 nitrogen and oxygen atoms in total. The van der Waals surface area contributed by atoms with E-state index in [1.807, 2.05) is 24.4 Å². The maximum atomic E-state index is 13.0. The van der Waals surface area contributed by atoms with Crippen molar-refractivity contribution in [2.45, 2.75) is 6.04 Å². The number of amides is 1. The van der Waals surface area contributed by atoms with Gasteiger partial charge in [-0.3, -0.25) is 14.7 Å². The molecule has 0 saturated carbocycles. The van der Waals surface area contributed by atoms with Crippen LogP contribution in [0.25, 0.3) is 0 Å². The molecule has 1 saturated heterocycles. The van der Waals surface area contributed by atoms with Gasteiger partial charge in [-0.25, -0.2) is 0 Å². The van der Waals surface area contributed by atoms with Gasteiger partial charge in [-0.05, 0) is 54.1 Å². The van der Waals surface area contributed by atoms with Crippen molar-refractivity contribution < 1.29 is 19.0 Å². The van der Waals surface area contributed by atoms with E-state index < -0.39 is 0 Å². The number of carbonyl (C=O) groups is 1. The van der Waals surface area contributed by atoms with Gasteiger partial charge in [0.1, 0.15) is 5.75 Å². The van der Waals surface area contributed by atoms with Crippen molar-refractivity contribution >= 4 is 11.6 Å². The van der Waals surface area contributed by atoms with Crippen molar-refractivity contribution in [3.63, 3.8) is 0 Å². The van der Waals surface area contributed by atoms with Crippen LogP contribution in [0.3, 0.4) is 0 Å². The number of carbonyl (C=O) groups excluding carboxylic acids is 1. The summed E-state index contributed by atoms with van der Waals surface area (Å²) < 4.78 is 15.9. The van der Waals surface area contributed by atoms with E-state index in [1.54, 1.807) is 45.7 Å². The van der Waals surface area contributed by atoms with Crippen LogP contribution in [0.2, 0.25) is 0 Å². The van der Waals surface area contributed by atoms with Crippen LogP contribution in [0.5, 0.6) is 17.2 Å². The minimum absolute atomic E-state index is 0.0193. The topological polar surface area (TPSA) is 76.2 Å². The first-order valence-corrected chi connectivity index (χ1v) is 11.7. The predicted octanol–water partition coefficient (Wildman–Crippen LogP) is 3.40. The molecule has 35 heavy (non-hydrogen) atoms. The Hall–Kier alpha value is -3.78. The van der Waals surface area contributed by atoms with Crippen LogP contribution in [0, 0.1) is 0 Å². The first kappa shape index (κ1) is 24.3. The second kappa shape index (κ2) is 11.6. The fourth-order valence-electron chi connectivity index (χ4n) is 4.38. The number of nitrogens with one attached hydrogen (secondary N) is 1. The summed E-state index contributed by atoms with van der Waals surface area (Å²) >= 11 is 0. The number of hydrogen-bond acceptors (Lipinski definition) is 7. The highest BCUT2D eigenvalue weighted by molar-refractivity contribution is 5.94. The van der Waals surface area contributed by atoms with Crippen molar-refractivity contribution in [3.8, 4) is 17.2 Å². The molecule has 1 amide bonds. The Morgan fingerprint density at radius 1 is 0.943 bits per heavy atom. The summed E-state index contributed by atoms with van der Waals surface area (Å²) in [6, 6.07) is 17.4. The lowest BCUT2D eigenvalue weighted by atomic mass is 10.1. The van der Waals surface area contributed by atoms with Gasteiger partial charge in [-0.1, -0.05) is 6.07 Å². The van der Waals surface area contributed by atoms with Crippen molar-refractivity contribution in [3.05, 3.63) is 78.1 Å². The minimum Gasteiger partial charge on any atom is -0.497 e. The zero-order valence-electron chi connectivity index (χ0n) is 20.4. The maximum absolute atomic E-state index is 13.0. The number of pyridine rings is 1. The van der Waals surface area contributed by atoms with Crippen LogP contribution in [0.1, 0.15) is 22.0 Å². The molecular weight excluding hydrogens is 444 g/mol. The molecule has 0 radical (unpaired) electrons. The van der Waals surface area contributed by atoms with Crippen LogP contribution >= 0.6 is 0 Å². The molecule has 1 aliphatic heterocycles. The average molecular weight is 477 g/mol. The third kappa shape index (κ3) is 5.84. The zero-order chi connectivity index (χ0) is 24.6. The smallest absolute Gasteiger partial charge is 0.251 e. The van der Waals surface area contributed by atoms with Crippen LogP contribution in [0.4, 0.5) is 5.69 Å². The van der Waals surface area contributed by atoms with E-state index >= 15 is 0 Å². The Morgan fingerprint density at radius 2 is 1.69 bits per heavy atom. The van der Waals surface area contributed by atoms with Gasteiger partial charge in [0.05, 0.1) is 27.4 Å². The highest BCUT2D eigenvalue weighted by Crippen LogP contribution is 2.28. The van der Waals surface area contributed by atoms with Crippen molar-refractivity contribution in [2.75, 3.05) is 59.0 Å². The third-order valence-corrected chi connectivity index (χ3v) is 6.36. The number of methoxy groups -OCH3 is 3. The Labute approximate surface area is 206 Å². The molecule has 0 aliphatic carbocycles. The lowest BCUT2D eigenvalue weighted by molar-refractivity contribution is 0.0929. The zero-order valence-corrected chi connectivity index (χ0v) is 20.4. The fraction of sp³-hybridized carbons (Fsp3) is 0.333. The van der Waals surface area contributed by atoms with Gasteiger partial charge in [-0.2, -0.15) is 0 Å². The quantitative estimate of drug-likeness (QED) is 0.507. The summed E-state index contributed by atoms with van der Waals surface area (Å²) in [6.07, 6.45) is 3.65. The molecule has 1 aromatic heterocycles. The first-order chi connectivity index (χ1) is 17.1. The molecule has 2 aromatic carbocycles. The number of piperazine rings is 1. The average Bonchev–Trinajstić information content (AvgIpc) is 2.93. The van der Waals surface area contributed by atoms with E-state index in [0.717, 1.165) is 37.5 Å². The molecule has 0 unspecified atom stereocenters. The lowest BCUT2D eigenvalue weighted by Gasteiger charge is -2.40. The number of ether oxygens (including phenoxy) is 3. The van der Waals surface area contributed by atoms with Crippen LogP contribution < -0.4 is 24.4 Å². The molecule has 1 aliphatic rings. The first-order valence-electron chi connectivity index (χ1n) is 11.7. The van der Waals surface area contributed by atoms with E-state index in [9.17, 15) is 4.79 Å². The summed E-state index contributed by atoms with van der Waals surface area (Å²) in [5.74, 6) is 1.82.